The number of nitrogens with zero attached hydrogens (tertiary/aromatic N) is 1. The van der Waals surface area contributed by atoms with Crippen molar-refractivity contribution >= 4 is 23.0 Å². The zero-order valence-corrected chi connectivity index (χ0v) is 18.0. The predicted octanol–water partition coefficient (Wildman–Crippen LogP) is 4.85. The second-order valence-electron chi connectivity index (χ2n) is 7.36. The Kier molecular flexibility index (Phi) is 6.18. The molecule has 0 saturated carbocycles. The van der Waals surface area contributed by atoms with Crippen molar-refractivity contribution in [1.82, 2.24) is 4.90 Å². The fraction of sp³-hybridized carbons (Fsp3) is 0.200. The largest absolute Gasteiger partial charge is 0.503 e. The van der Waals surface area contributed by atoms with E-state index in [9.17, 15) is 14.7 Å². The lowest BCUT2D eigenvalue weighted by Crippen LogP contribution is -2.30. The molecule has 1 amide bonds. The molecule has 1 aromatic heterocycles. The van der Waals surface area contributed by atoms with Crippen molar-refractivity contribution < 1.29 is 19.4 Å². The summed E-state index contributed by atoms with van der Waals surface area (Å²) in [6, 6.07) is 20.2. The Morgan fingerprint density at radius 1 is 1.06 bits per heavy atom. The van der Waals surface area contributed by atoms with E-state index < -0.39 is 17.7 Å². The summed E-state index contributed by atoms with van der Waals surface area (Å²) in [4.78, 5) is 28.7. The molecular formula is C25H23NO4S. The lowest BCUT2D eigenvalue weighted by atomic mass is 9.93. The van der Waals surface area contributed by atoms with Gasteiger partial charge in [0.25, 0.3) is 5.91 Å². The first-order valence-electron chi connectivity index (χ1n) is 10.1. The highest BCUT2D eigenvalue weighted by Gasteiger charge is 2.43. The van der Waals surface area contributed by atoms with E-state index in [-0.39, 0.29) is 17.8 Å². The van der Waals surface area contributed by atoms with E-state index in [0.29, 0.717) is 18.7 Å². The molecule has 1 N–H and O–H groups in total. The number of carbonyl (C=O) groups is 2. The molecule has 0 aliphatic carbocycles. The van der Waals surface area contributed by atoms with Crippen LogP contribution in [0.25, 0.3) is 0 Å². The van der Waals surface area contributed by atoms with Crippen molar-refractivity contribution in [3.05, 3.63) is 99.4 Å². The number of amides is 1. The number of ether oxygens (including phenoxy) is 1. The van der Waals surface area contributed by atoms with Gasteiger partial charge in [0.05, 0.1) is 25.3 Å². The van der Waals surface area contributed by atoms with Crippen molar-refractivity contribution in [3.8, 4) is 5.75 Å². The molecular weight excluding hydrogens is 410 g/mol. The van der Waals surface area contributed by atoms with Crippen LogP contribution in [0.2, 0.25) is 0 Å². The molecule has 3 aromatic rings. The van der Waals surface area contributed by atoms with Crippen LogP contribution < -0.4 is 4.74 Å². The molecule has 0 saturated heterocycles. The molecule has 2 aromatic carbocycles. The summed E-state index contributed by atoms with van der Waals surface area (Å²) < 4.78 is 5.24. The van der Waals surface area contributed by atoms with Gasteiger partial charge in [0.1, 0.15) is 5.75 Å². The van der Waals surface area contributed by atoms with Crippen molar-refractivity contribution in [3.63, 3.8) is 0 Å². The number of aryl methyl sites for hydroxylation is 1. The van der Waals surface area contributed by atoms with Crippen LogP contribution in [-0.2, 0) is 22.6 Å². The van der Waals surface area contributed by atoms with Gasteiger partial charge in [0, 0.05) is 11.3 Å². The van der Waals surface area contributed by atoms with Crippen LogP contribution in [0.1, 0.15) is 28.5 Å². The predicted molar refractivity (Wildman–Crippen MR) is 120 cm³/mol. The summed E-state index contributed by atoms with van der Waals surface area (Å²) in [5, 5.41) is 12.6. The maximum atomic E-state index is 13.2. The highest BCUT2D eigenvalue weighted by Crippen LogP contribution is 2.40. The Hall–Kier alpha value is -3.38. The smallest absolute Gasteiger partial charge is 0.290 e. The first kappa shape index (κ1) is 20.9. The summed E-state index contributed by atoms with van der Waals surface area (Å²) >= 11 is 1.53. The van der Waals surface area contributed by atoms with Crippen LogP contribution in [0, 0.1) is 0 Å². The molecule has 2 heterocycles. The minimum atomic E-state index is -0.635. The number of rotatable bonds is 8. The van der Waals surface area contributed by atoms with Gasteiger partial charge in [-0.2, -0.15) is 0 Å². The lowest BCUT2D eigenvalue weighted by molar-refractivity contribution is -0.130. The fourth-order valence-electron chi connectivity index (χ4n) is 3.84. The second kappa shape index (κ2) is 9.18. The number of aliphatic hydroxyl groups is 1. The monoisotopic (exact) mass is 433 g/mol. The first-order valence-corrected chi connectivity index (χ1v) is 10.9. The van der Waals surface area contributed by atoms with Gasteiger partial charge in [0.15, 0.2) is 11.5 Å². The topological polar surface area (TPSA) is 66.8 Å². The SMILES string of the molecule is COc1ccc(C2C(C(=O)CCc3ccccc3)=C(O)C(=O)N2Cc2cccs2)cc1. The van der Waals surface area contributed by atoms with Crippen LogP contribution in [0.15, 0.2) is 83.4 Å². The standard InChI is InChI=1S/C25H23NO4S/c1-30-19-12-10-18(11-13-19)23-22(21(27)14-9-17-6-3-2-4-7-17)24(28)25(29)26(23)16-20-8-5-15-31-20/h2-8,10-13,15,23,28H,9,14,16H2,1H3. The quantitative estimate of drug-likeness (QED) is 0.551. The van der Waals surface area contributed by atoms with Gasteiger partial charge in [-0.1, -0.05) is 48.5 Å². The molecule has 0 bridgehead atoms. The Labute approximate surface area is 185 Å². The van der Waals surface area contributed by atoms with Gasteiger partial charge < -0.3 is 14.7 Å². The number of ketones is 1. The molecule has 4 rings (SSSR count). The van der Waals surface area contributed by atoms with E-state index in [1.54, 1.807) is 24.1 Å². The summed E-state index contributed by atoms with van der Waals surface area (Å²) in [6.07, 6.45) is 0.765. The molecule has 6 heteroatoms. The van der Waals surface area contributed by atoms with Crippen LogP contribution in [-0.4, -0.2) is 28.8 Å². The summed E-state index contributed by atoms with van der Waals surface area (Å²) in [6.45, 7) is 0.326. The van der Waals surface area contributed by atoms with Gasteiger partial charge in [-0.15, -0.1) is 11.3 Å². The van der Waals surface area contributed by atoms with E-state index >= 15 is 0 Å². The second-order valence-corrected chi connectivity index (χ2v) is 8.39. The molecule has 0 fully saturated rings. The van der Waals surface area contributed by atoms with Gasteiger partial charge >= 0.3 is 0 Å². The number of hydrogen-bond donors (Lipinski definition) is 1. The average Bonchev–Trinajstić information content (AvgIpc) is 3.41. The molecule has 5 nitrogen and oxygen atoms in total. The minimum absolute atomic E-state index is 0.169. The van der Waals surface area contributed by atoms with E-state index in [2.05, 4.69) is 0 Å². The third-order valence-electron chi connectivity index (χ3n) is 5.43. The van der Waals surface area contributed by atoms with Crippen LogP contribution in [0.3, 0.4) is 0 Å². The van der Waals surface area contributed by atoms with Crippen LogP contribution >= 0.6 is 11.3 Å². The lowest BCUT2D eigenvalue weighted by Gasteiger charge is -2.26. The molecule has 0 radical (unpaired) electrons. The molecule has 1 unspecified atom stereocenters. The summed E-state index contributed by atoms with van der Waals surface area (Å²) in [5.74, 6) is -0.500. The Balaban J connectivity index is 1.65. The molecule has 31 heavy (non-hydrogen) atoms. The van der Waals surface area contributed by atoms with Crippen LogP contribution in [0.5, 0.6) is 5.75 Å². The third kappa shape index (κ3) is 4.39. The number of hydrogen-bond acceptors (Lipinski definition) is 5. The van der Waals surface area contributed by atoms with Crippen molar-refractivity contribution in [2.75, 3.05) is 7.11 Å². The number of carbonyl (C=O) groups excluding carboxylic acids is 2. The van der Waals surface area contributed by atoms with E-state index in [1.807, 2.05) is 60.0 Å². The minimum Gasteiger partial charge on any atom is -0.503 e. The maximum absolute atomic E-state index is 13.2. The molecule has 0 spiro atoms. The maximum Gasteiger partial charge on any atom is 0.290 e. The highest BCUT2D eigenvalue weighted by atomic mass is 32.1. The Morgan fingerprint density at radius 3 is 2.45 bits per heavy atom. The van der Waals surface area contributed by atoms with Gasteiger partial charge in [-0.05, 0) is 41.1 Å². The highest BCUT2D eigenvalue weighted by molar-refractivity contribution is 7.09. The van der Waals surface area contributed by atoms with Gasteiger partial charge in [-0.25, -0.2) is 0 Å². The van der Waals surface area contributed by atoms with Crippen molar-refractivity contribution in [2.45, 2.75) is 25.4 Å². The Bertz CT molecular complexity index is 1090. The summed E-state index contributed by atoms with van der Waals surface area (Å²) in [5.41, 5.74) is 1.97. The van der Waals surface area contributed by atoms with Crippen molar-refractivity contribution in [1.29, 1.82) is 0 Å². The summed E-state index contributed by atoms with van der Waals surface area (Å²) in [7, 11) is 1.58. The first-order chi connectivity index (χ1) is 15.1. The fourth-order valence-corrected chi connectivity index (χ4v) is 4.54. The zero-order valence-electron chi connectivity index (χ0n) is 17.2. The number of Topliss-reactive ketones (excluding diaryl/α,β-unsaturated/α-hetero) is 1. The van der Waals surface area contributed by atoms with E-state index in [0.717, 1.165) is 16.0 Å². The average molecular weight is 434 g/mol. The van der Waals surface area contributed by atoms with Crippen molar-refractivity contribution in [2.24, 2.45) is 0 Å². The number of thiophene rings is 1. The van der Waals surface area contributed by atoms with Gasteiger partial charge in [0.2, 0.25) is 0 Å². The number of methoxy groups -OCH3 is 1. The number of aliphatic hydroxyl groups excluding tert-OH is 1. The van der Waals surface area contributed by atoms with Gasteiger partial charge in [-0.3, -0.25) is 9.59 Å². The van der Waals surface area contributed by atoms with Crippen LogP contribution in [0.4, 0.5) is 0 Å². The molecule has 1 aliphatic heterocycles. The molecule has 158 valence electrons. The molecule has 1 aliphatic rings. The van der Waals surface area contributed by atoms with E-state index in [4.69, 9.17) is 4.74 Å². The number of benzene rings is 2. The molecule has 1 atom stereocenters. The van der Waals surface area contributed by atoms with E-state index in [1.165, 1.54) is 11.3 Å². The normalized spacial score (nSPS) is 16.1. The zero-order chi connectivity index (χ0) is 21.8. The third-order valence-corrected chi connectivity index (χ3v) is 6.29. The Morgan fingerprint density at radius 2 is 1.81 bits per heavy atom.